The van der Waals surface area contributed by atoms with Crippen LogP contribution in [0.15, 0.2) is 78.9 Å². The first-order valence-electron chi connectivity index (χ1n) is 10.0. The Labute approximate surface area is 174 Å². The summed E-state index contributed by atoms with van der Waals surface area (Å²) in [5, 5.41) is 9.16. The normalized spacial score (nSPS) is 18.2. The van der Waals surface area contributed by atoms with Crippen LogP contribution in [0.3, 0.4) is 0 Å². The van der Waals surface area contributed by atoms with Crippen molar-refractivity contribution < 1.29 is 19.1 Å². The molecule has 5 heteroatoms. The zero-order chi connectivity index (χ0) is 21.1. The summed E-state index contributed by atoms with van der Waals surface area (Å²) < 4.78 is 13.4. The Kier molecular flexibility index (Phi) is 5.61. The second-order valence-electron chi connectivity index (χ2n) is 7.54. The van der Waals surface area contributed by atoms with E-state index in [4.69, 9.17) is 5.11 Å². The highest BCUT2D eigenvalue weighted by Crippen LogP contribution is 2.45. The zero-order valence-electron chi connectivity index (χ0n) is 16.4. The van der Waals surface area contributed by atoms with Gasteiger partial charge in [-0.05, 0) is 66.8 Å². The van der Waals surface area contributed by atoms with Crippen LogP contribution < -0.4 is 4.90 Å². The second-order valence-corrected chi connectivity index (χ2v) is 7.54. The summed E-state index contributed by atoms with van der Waals surface area (Å²) in [6.07, 6.45) is 2.50. The van der Waals surface area contributed by atoms with Gasteiger partial charge in [0.2, 0.25) is 5.91 Å². The van der Waals surface area contributed by atoms with Crippen LogP contribution in [0.1, 0.15) is 40.4 Å². The molecule has 0 bridgehead atoms. The Bertz CT molecular complexity index is 1030. The lowest BCUT2D eigenvalue weighted by Crippen LogP contribution is -2.55. The number of carbonyl (C=O) groups is 2. The molecule has 4 nitrogen and oxygen atoms in total. The predicted octanol–water partition coefficient (Wildman–Crippen LogP) is 5.25. The number of aromatic carboxylic acids is 1. The van der Waals surface area contributed by atoms with E-state index in [2.05, 4.69) is 12.1 Å². The number of halogens is 1. The molecule has 0 aliphatic carbocycles. The molecule has 30 heavy (non-hydrogen) atoms. The number of carboxylic acids is 1. The summed E-state index contributed by atoms with van der Waals surface area (Å²) >= 11 is 0. The third-order valence-corrected chi connectivity index (χ3v) is 5.64. The van der Waals surface area contributed by atoms with E-state index in [0.29, 0.717) is 5.69 Å². The van der Waals surface area contributed by atoms with Crippen LogP contribution in [0.2, 0.25) is 0 Å². The molecule has 0 unspecified atom stereocenters. The zero-order valence-corrected chi connectivity index (χ0v) is 16.4. The average molecular weight is 403 g/mol. The summed E-state index contributed by atoms with van der Waals surface area (Å²) in [7, 11) is 0. The van der Waals surface area contributed by atoms with Crippen molar-refractivity contribution >= 4 is 17.6 Å². The smallest absolute Gasteiger partial charge is 0.335 e. The number of hydrogen-bond donors (Lipinski definition) is 1. The van der Waals surface area contributed by atoms with Gasteiger partial charge in [-0.1, -0.05) is 42.5 Å². The molecule has 152 valence electrons. The van der Waals surface area contributed by atoms with Gasteiger partial charge in [0.1, 0.15) is 5.82 Å². The fourth-order valence-electron chi connectivity index (χ4n) is 4.09. The van der Waals surface area contributed by atoms with E-state index >= 15 is 0 Å². The lowest BCUT2D eigenvalue weighted by atomic mass is 9.78. The average Bonchev–Trinajstić information content (AvgIpc) is 2.77. The Morgan fingerprint density at radius 2 is 1.60 bits per heavy atom. The molecule has 1 saturated heterocycles. The molecule has 1 amide bonds. The number of benzene rings is 3. The number of nitrogens with zero attached hydrogens (tertiary/aromatic N) is 1. The van der Waals surface area contributed by atoms with Crippen molar-refractivity contribution in [3.8, 4) is 0 Å². The fourth-order valence-corrected chi connectivity index (χ4v) is 4.09. The molecule has 0 radical (unpaired) electrons. The maximum atomic E-state index is 13.4. The van der Waals surface area contributed by atoms with Crippen LogP contribution in [0.25, 0.3) is 0 Å². The largest absolute Gasteiger partial charge is 0.478 e. The van der Waals surface area contributed by atoms with Crippen LogP contribution in [-0.4, -0.2) is 17.0 Å². The summed E-state index contributed by atoms with van der Waals surface area (Å²) in [6.45, 7) is 0. The number of carbonyl (C=O) groups excluding carboxylic acids is 1. The van der Waals surface area contributed by atoms with E-state index in [0.717, 1.165) is 24.8 Å². The third-order valence-electron chi connectivity index (χ3n) is 5.64. The second kappa shape index (κ2) is 8.49. The van der Waals surface area contributed by atoms with Gasteiger partial charge in [-0.25, -0.2) is 9.18 Å². The molecule has 1 heterocycles. The highest BCUT2D eigenvalue weighted by Gasteiger charge is 2.48. The molecule has 2 atom stereocenters. The highest BCUT2D eigenvalue weighted by atomic mass is 19.1. The monoisotopic (exact) mass is 403 g/mol. The van der Waals surface area contributed by atoms with Crippen molar-refractivity contribution in [1.29, 1.82) is 0 Å². The number of amides is 1. The van der Waals surface area contributed by atoms with Crippen LogP contribution in [0.4, 0.5) is 10.1 Å². The summed E-state index contributed by atoms with van der Waals surface area (Å²) in [5.41, 5.74) is 2.97. The molecule has 4 rings (SSSR count). The maximum absolute atomic E-state index is 13.4. The standard InChI is InChI=1S/C25H22FNO3/c26-20-13-15-21(16-14-20)27-23(18-9-11-19(12-10-18)25(29)30)22(24(27)28)8-4-7-17-5-2-1-3-6-17/h1-3,5-6,9-16,22-23H,4,7-8H2,(H,29,30)/t22-,23-/m1/s1. The molecule has 3 aromatic carbocycles. The van der Waals surface area contributed by atoms with Crippen molar-refractivity contribution in [2.24, 2.45) is 5.92 Å². The number of carboxylic acid groups (broad SMARTS) is 1. The van der Waals surface area contributed by atoms with Gasteiger partial charge in [-0.2, -0.15) is 0 Å². The number of rotatable bonds is 7. The molecular formula is C25H22FNO3. The number of hydrogen-bond acceptors (Lipinski definition) is 2. The lowest BCUT2D eigenvalue weighted by Gasteiger charge is -2.47. The summed E-state index contributed by atoms with van der Waals surface area (Å²) in [5.74, 6) is -1.51. The summed E-state index contributed by atoms with van der Waals surface area (Å²) in [6, 6.07) is 22.5. The van der Waals surface area contributed by atoms with Gasteiger partial charge in [-0.3, -0.25) is 4.79 Å². The lowest BCUT2D eigenvalue weighted by molar-refractivity contribution is -0.130. The van der Waals surface area contributed by atoms with E-state index in [1.54, 1.807) is 41.3 Å². The van der Waals surface area contributed by atoms with Crippen molar-refractivity contribution in [1.82, 2.24) is 0 Å². The van der Waals surface area contributed by atoms with E-state index in [1.165, 1.54) is 17.7 Å². The number of anilines is 1. The van der Waals surface area contributed by atoms with E-state index in [9.17, 15) is 14.0 Å². The maximum Gasteiger partial charge on any atom is 0.335 e. The Hall–Kier alpha value is -3.47. The van der Waals surface area contributed by atoms with Crippen LogP contribution in [0, 0.1) is 11.7 Å². The molecule has 1 fully saturated rings. The third kappa shape index (κ3) is 3.96. The van der Waals surface area contributed by atoms with Crippen LogP contribution >= 0.6 is 0 Å². The Morgan fingerprint density at radius 3 is 2.23 bits per heavy atom. The molecule has 3 aromatic rings. The van der Waals surface area contributed by atoms with Gasteiger partial charge in [0.15, 0.2) is 0 Å². The molecule has 1 aliphatic rings. The van der Waals surface area contributed by atoms with E-state index < -0.39 is 5.97 Å². The van der Waals surface area contributed by atoms with Gasteiger partial charge in [0.25, 0.3) is 0 Å². The predicted molar refractivity (Wildman–Crippen MR) is 113 cm³/mol. The van der Waals surface area contributed by atoms with Gasteiger partial charge in [0.05, 0.1) is 17.5 Å². The summed E-state index contributed by atoms with van der Waals surface area (Å²) in [4.78, 5) is 25.8. The number of β-lactam (4-membered cyclic amide) rings is 1. The first kappa shape index (κ1) is 19.8. The van der Waals surface area contributed by atoms with Crippen molar-refractivity contribution in [3.63, 3.8) is 0 Å². The molecular weight excluding hydrogens is 381 g/mol. The number of aryl methyl sites for hydroxylation is 1. The minimum atomic E-state index is -0.985. The quantitative estimate of drug-likeness (QED) is 0.548. The Morgan fingerprint density at radius 1 is 0.933 bits per heavy atom. The topological polar surface area (TPSA) is 57.6 Å². The first-order chi connectivity index (χ1) is 14.5. The molecule has 1 aliphatic heterocycles. The fraction of sp³-hybridized carbons (Fsp3) is 0.200. The Balaban J connectivity index is 1.55. The van der Waals surface area contributed by atoms with Gasteiger partial charge in [0, 0.05) is 5.69 Å². The minimum Gasteiger partial charge on any atom is -0.478 e. The SMILES string of the molecule is O=C(O)c1ccc([C@@H]2[C@@H](CCCc3ccccc3)C(=O)N2c2ccc(F)cc2)cc1. The molecule has 1 N–H and O–H groups in total. The van der Waals surface area contributed by atoms with Crippen molar-refractivity contribution in [3.05, 3.63) is 101 Å². The first-order valence-corrected chi connectivity index (χ1v) is 10.0. The van der Waals surface area contributed by atoms with Crippen LogP contribution in [-0.2, 0) is 11.2 Å². The molecule has 0 aromatic heterocycles. The van der Waals surface area contributed by atoms with E-state index in [-0.39, 0.29) is 29.2 Å². The van der Waals surface area contributed by atoms with E-state index in [1.807, 2.05) is 18.2 Å². The van der Waals surface area contributed by atoms with Gasteiger partial charge in [-0.15, -0.1) is 0 Å². The highest BCUT2D eigenvalue weighted by molar-refractivity contribution is 6.03. The van der Waals surface area contributed by atoms with Crippen LogP contribution in [0.5, 0.6) is 0 Å². The van der Waals surface area contributed by atoms with Gasteiger partial charge < -0.3 is 10.0 Å². The van der Waals surface area contributed by atoms with Crippen molar-refractivity contribution in [2.75, 3.05) is 4.90 Å². The minimum absolute atomic E-state index is 0.0157. The van der Waals surface area contributed by atoms with Gasteiger partial charge >= 0.3 is 5.97 Å². The molecule has 0 spiro atoms. The molecule has 0 saturated carbocycles. The van der Waals surface area contributed by atoms with Crippen molar-refractivity contribution in [2.45, 2.75) is 25.3 Å².